The van der Waals surface area contributed by atoms with Crippen LogP contribution in [0.15, 0.2) is 81.5 Å². The number of nitrogens with two attached hydrogens (primary N) is 1. The van der Waals surface area contributed by atoms with Crippen molar-refractivity contribution in [3.05, 3.63) is 108 Å². The van der Waals surface area contributed by atoms with Gasteiger partial charge in [0.25, 0.3) is 0 Å². The van der Waals surface area contributed by atoms with Gasteiger partial charge in [-0.25, -0.2) is 9.97 Å². The van der Waals surface area contributed by atoms with Gasteiger partial charge in [-0.3, -0.25) is 14.4 Å². The molecule has 4 aromatic rings. The SMILES string of the molecule is CCC1(c2cccc(C(N)=O)c2)C2=C(CC(C)(Cc3nc4c(s3)C(CC)(c3cccc(SC)c3)C3=C(CC(C)(C)CC3=O)N4)CC2=O)Nc2ncsc21. The quantitative estimate of drug-likeness (QED) is 0.152. The second-order valence-electron chi connectivity index (χ2n) is 16.2. The highest BCUT2D eigenvalue weighted by molar-refractivity contribution is 7.98. The van der Waals surface area contributed by atoms with Gasteiger partial charge in [0.2, 0.25) is 5.91 Å². The van der Waals surface area contributed by atoms with Gasteiger partial charge in [0.05, 0.1) is 31.1 Å². The number of carbonyl (C=O) groups excluding carboxylic acids is 3. The van der Waals surface area contributed by atoms with Crippen LogP contribution in [0.2, 0.25) is 0 Å². The smallest absolute Gasteiger partial charge is 0.248 e. The predicted octanol–water partition coefficient (Wildman–Crippen LogP) is 9.17. The van der Waals surface area contributed by atoms with Gasteiger partial charge in [-0.1, -0.05) is 58.9 Å². The lowest BCUT2D eigenvalue weighted by molar-refractivity contribution is -0.119. The molecule has 8 nitrogen and oxygen atoms in total. The second kappa shape index (κ2) is 12.8. The summed E-state index contributed by atoms with van der Waals surface area (Å²) in [6.45, 7) is 10.8. The van der Waals surface area contributed by atoms with E-state index in [4.69, 9.17) is 15.7 Å². The molecule has 274 valence electrons. The molecular weight excluding hydrogens is 719 g/mol. The van der Waals surface area contributed by atoms with Crippen LogP contribution in [0, 0.1) is 10.8 Å². The summed E-state index contributed by atoms with van der Waals surface area (Å²) >= 11 is 4.92. The molecule has 0 saturated carbocycles. The summed E-state index contributed by atoms with van der Waals surface area (Å²) in [4.78, 5) is 54.4. The first kappa shape index (κ1) is 35.9. The van der Waals surface area contributed by atoms with E-state index in [0.717, 1.165) is 77.8 Å². The molecule has 2 aliphatic carbocycles. The number of amides is 1. The fourth-order valence-corrected chi connectivity index (χ4v) is 12.7. The molecule has 3 atom stereocenters. The molecule has 4 heterocycles. The number of rotatable bonds is 8. The maximum Gasteiger partial charge on any atom is 0.248 e. The fourth-order valence-electron chi connectivity index (χ4n) is 9.66. The highest BCUT2D eigenvalue weighted by atomic mass is 32.2. The van der Waals surface area contributed by atoms with Crippen LogP contribution in [0.5, 0.6) is 0 Å². The van der Waals surface area contributed by atoms with E-state index in [1.54, 1.807) is 29.2 Å². The Morgan fingerprint density at radius 1 is 0.849 bits per heavy atom. The van der Waals surface area contributed by atoms with E-state index in [-0.39, 0.29) is 17.0 Å². The van der Waals surface area contributed by atoms with Crippen molar-refractivity contribution in [2.75, 3.05) is 16.9 Å². The number of ketones is 2. The minimum absolute atomic E-state index is 0.0906. The highest BCUT2D eigenvalue weighted by Gasteiger charge is 2.53. The topological polar surface area (TPSA) is 127 Å². The zero-order valence-electron chi connectivity index (χ0n) is 31.1. The third-order valence-electron chi connectivity index (χ3n) is 11.9. The molecule has 8 rings (SSSR count). The zero-order valence-corrected chi connectivity index (χ0v) is 33.5. The van der Waals surface area contributed by atoms with E-state index in [1.165, 1.54) is 11.3 Å². The molecule has 11 heteroatoms. The maximum absolute atomic E-state index is 14.7. The minimum Gasteiger partial charge on any atom is -0.366 e. The van der Waals surface area contributed by atoms with E-state index < -0.39 is 22.2 Å². The first-order valence-corrected chi connectivity index (χ1v) is 21.3. The normalized spacial score (nSPS) is 25.9. The number of benzene rings is 2. The first-order valence-electron chi connectivity index (χ1n) is 18.3. The Hall–Kier alpha value is -4.06. The van der Waals surface area contributed by atoms with E-state index in [0.29, 0.717) is 37.7 Å². The van der Waals surface area contributed by atoms with Crippen molar-refractivity contribution in [1.82, 2.24) is 9.97 Å². The number of anilines is 2. The zero-order chi connectivity index (χ0) is 37.5. The molecule has 2 aromatic heterocycles. The van der Waals surface area contributed by atoms with Crippen molar-refractivity contribution >= 4 is 63.5 Å². The van der Waals surface area contributed by atoms with Gasteiger partial charge >= 0.3 is 0 Å². The molecule has 2 aromatic carbocycles. The highest BCUT2D eigenvalue weighted by Crippen LogP contribution is 2.58. The molecule has 2 aliphatic heterocycles. The van der Waals surface area contributed by atoms with Crippen molar-refractivity contribution < 1.29 is 14.4 Å². The molecule has 1 amide bonds. The number of carbonyl (C=O) groups is 3. The Balaban J connectivity index is 1.21. The lowest BCUT2D eigenvalue weighted by Crippen LogP contribution is -2.44. The number of fused-ring (bicyclic) bond motifs is 2. The third kappa shape index (κ3) is 5.56. The van der Waals surface area contributed by atoms with Crippen LogP contribution in [0.4, 0.5) is 11.6 Å². The van der Waals surface area contributed by atoms with Crippen LogP contribution in [0.25, 0.3) is 0 Å². The van der Waals surface area contributed by atoms with Gasteiger partial charge < -0.3 is 16.4 Å². The van der Waals surface area contributed by atoms with Gasteiger partial charge in [-0.05, 0) is 78.2 Å². The Kier molecular flexibility index (Phi) is 8.66. The van der Waals surface area contributed by atoms with Crippen molar-refractivity contribution in [2.24, 2.45) is 16.6 Å². The van der Waals surface area contributed by atoms with E-state index in [1.807, 2.05) is 23.7 Å². The second-order valence-corrected chi connectivity index (χ2v) is 19.0. The number of allylic oxidation sites excluding steroid dienone is 4. The summed E-state index contributed by atoms with van der Waals surface area (Å²) in [5.41, 5.74) is 11.5. The number of hydrogen-bond acceptors (Lipinski definition) is 10. The molecular formula is C42H45N5O3S3. The number of thioether (sulfide) groups is 1. The van der Waals surface area contributed by atoms with Gasteiger partial charge in [0, 0.05) is 52.3 Å². The summed E-state index contributed by atoms with van der Waals surface area (Å²) in [6.07, 6.45) is 6.32. The van der Waals surface area contributed by atoms with Gasteiger partial charge in [-0.2, -0.15) is 0 Å². The lowest BCUT2D eigenvalue weighted by Gasteiger charge is -2.45. The standard InChI is InChI=1S/C42H45N5O3S3/c1-7-41(24-12-9-11-23(15-24)36(43)50)33-28(45-37-34(41)52-22-44-37)18-40(5,20-30(33)49)21-31-47-38-35(53-31)42(8-2,25-13-10-14-26(16-25)51-6)32-27(46-38)17-39(3,4)19-29(32)48/h9-16,22,45-46H,7-8,17-21H2,1-6H3,(H2,43,50). The predicted molar refractivity (Wildman–Crippen MR) is 215 cm³/mol. The monoisotopic (exact) mass is 763 g/mol. The number of nitrogens with zero attached hydrogens (tertiary/aromatic N) is 2. The van der Waals surface area contributed by atoms with Crippen LogP contribution in [-0.4, -0.2) is 33.7 Å². The van der Waals surface area contributed by atoms with E-state index in [9.17, 15) is 14.4 Å². The molecule has 3 unspecified atom stereocenters. The molecule has 53 heavy (non-hydrogen) atoms. The van der Waals surface area contributed by atoms with Gasteiger partial charge in [0.15, 0.2) is 11.6 Å². The van der Waals surface area contributed by atoms with Gasteiger partial charge in [-0.15, -0.1) is 34.4 Å². The lowest BCUT2D eigenvalue weighted by atomic mass is 9.61. The average Bonchev–Trinajstić information content (AvgIpc) is 3.75. The Morgan fingerprint density at radius 2 is 1.49 bits per heavy atom. The van der Waals surface area contributed by atoms with E-state index in [2.05, 4.69) is 75.8 Å². The molecule has 0 fully saturated rings. The van der Waals surface area contributed by atoms with Crippen LogP contribution in [-0.2, 0) is 26.8 Å². The van der Waals surface area contributed by atoms with Crippen LogP contribution >= 0.6 is 34.4 Å². The van der Waals surface area contributed by atoms with Crippen molar-refractivity contribution in [3.63, 3.8) is 0 Å². The molecule has 0 bridgehead atoms. The first-order chi connectivity index (χ1) is 25.3. The summed E-state index contributed by atoms with van der Waals surface area (Å²) in [7, 11) is 0. The van der Waals surface area contributed by atoms with Crippen LogP contribution in [0.1, 0.15) is 109 Å². The fraction of sp³-hybridized carbons (Fsp3) is 0.405. The van der Waals surface area contributed by atoms with Gasteiger partial charge in [0.1, 0.15) is 11.6 Å². The summed E-state index contributed by atoms with van der Waals surface area (Å²) in [5.74, 6) is 1.39. The van der Waals surface area contributed by atoms with Crippen LogP contribution < -0.4 is 16.4 Å². The maximum atomic E-state index is 14.7. The van der Waals surface area contributed by atoms with Crippen molar-refractivity contribution in [3.8, 4) is 0 Å². The number of Topliss-reactive ketones (excluding diaryl/α,β-unsaturated/α-hetero) is 2. The molecule has 0 radical (unpaired) electrons. The summed E-state index contributed by atoms with van der Waals surface area (Å²) in [6, 6.07) is 16.0. The van der Waals surface area contributed by atoms with Crippen molar-refractivity contribution in [1.29, 1.82) is 0 Å². The molecule has 0 spiro atoms. The number of nitrogens with one attached hydrogen (secondary N) is 2. The summed E-state index contributed by atoms with van der Waals surface area (Å²) in [5, 5.41) is 8.22. The Morgan fingerprint density at radius 3 is 2.19 bits per heavy atom. The largest absolute Gasteiger partial charge is 0.366 e. The Bertz CT molecular complexity index is 2280. The van der Waals surface area contributed by atoms with Crippen LogP contribution in [0.3, 0.4) is 0 Å². The number of thiazole rings is 2. The number of primary amides is 1. The molecule has 0 saturated heterocycles. The Labute approximate surface area is 323 Å². The average molecular weight is 764 g/mol. The number of hydrogen-bond donors (Lipinski definition) is 3. The van der Waals surface area contributed by atoms with E-state index >= 15 is 0 Å². The third-order valence-corrected chi connectivity index (χ3v) is 14.8. The summed E-state index contributed by atoms with van der Waals surface area (Å²) < 4.78 is 0. The van der Waals surface area contributed by atoms with Crippen molar-refractivity contribution in [2.45, 2.75) is 95.3 Å². The molecule has 4 N–H and O–H groups in total. The number of aromatic nitrogens is 2. The minimum atomic E-state index is -0.748. The molecule has 4 aliphatic rings.